The molecule has 5 rings (SSSR count). The minimum absolute atomic E-state index is 0.146. The van der Waals surface area contributed by atoms with Gasteiger partial charge < -0.3 is 10.2 Å². The van der Waals surface area contributed by atoms with Crippen LogP contribution in [0.4, 0.5) is 11.5 Å². The van der Waals surface area contributed by atoms with E-state index in [9.17, 15) is 4.79 Å². The van der Waals surface area contributed by atoms with Gasteiger partial charge in [0, 0.05) is 24.3 Å². The van der Waals surface area contributed by atoms with E-state index in [0.717, 1.165) is 51.4 Å². The topological polar surface area (TPSA) is 71.0 Å². The Morgan fingerprint density at radius 1 is 1.00 bits per heavy atom. The molecule has 0 saturated carbocycles. The van der Waals surface area contributed by atoms with Crippen molar-refractivity contribution in [3.8, 4) is 21.1 Å². The van der Waals surface area contributed by atoms with Gasteiger partial charge in [0.2, 0.25) is 0 Å². The number of carbonyl (C=O) groups excluding carboxylic acids is 1. The summed E-state index contributed by atoms with van der Waals surface area (Å²) in [7, 11) is 0. The summed E-state index contributed by atoms with van der Waals surface area (Å²) >= 11 is 3.05. The summed E-state index contributed by atoms with van der Waals surface area (Å²) in [6, 6.07) is 15.8. The molecule has 0 spiro atoms. The van der Waals surface area contributed by atoms with Gasteiger partial charge in [0.1, 0.15) is 9.88 Å². The van der Waals surface area contributed by atoms with Crippen LogP contribution in [0.15, 0.2) is 53.9 Å². The maximum atomic E-state index is 12.9. The van der Waals surface area contributed by atoms with Crippen LogP contribution in [0.5, 0.6) is 0 Å². The molecule has 6 nitrogen and oxygen atoms in total. The average Bonchev–Trinajstić information content (AvgIpc) is 3.42. The van der Waals surface area contributed by atoms with Crippen molar-refractivity contribution in [2.75, 3.05) is 23.3 Å². The maximum Gasteiger partial charge on any atom is 0.267 e. The van der Waals surface area contributed by atoms with Gasteiger partial charge in [-0.3, -0.25) is 4.79 Å². The summed E-state index contributed by atoms with van der Waals surface area (Å²) in [5.41, 5.74) is 3.18. The lowest BCUT2D eigenvalue weighted by atomic mass is 10.1. The molecule has 0 radical (unpaired) electrons. The Hall–Kier alpha value is -3.10. The molecule has 1 aliphatic rings. The van der Waals surface area contributed by atoms with Crippen molar-refractivity contribution in [1.29, 1.82) is 0 Å². The van der Waals surface area contributed by atoms with E-state index in [1.54, 1.807) is 11.3 Å². The highest BCUT2D eigenvalue weighted by molar-refractivity contribution is 7.22. The summed E-state index contributed by atoms with van der Waals surface area (Å²) in [4.78, 5) is 21.5. The molecule has 8 heteroatoms. The van der Waals surface area contributed by atoms with Crippen molar-refractivity contribution >= 4 is 40.1 Å². The molecule has 4 aromatic rings. The monoisotopic (exact) mass is 475 g/mol. The molecule has 168 valence electrons. The minimum Gasteiger partial charge on any atom is -0.355 e. The lowest BCUT2D eigenvalue weighted by Gasteiger charge is -2.20. The second-order valence-electron chi connectivity index (χ2n) is 8.12. The van der Waals surface area contributed by atoms with Gasteiger partial charge in [0.25, 0.3) is 5.91 Å². The summed E-state index contributed by atoms with van der Waals surface area (Å²) < 4.78 is 0. The first-order valence-electron chi connectivity index (χ1n) is 11.2. The molecule has 33 heavy (non-hydrogen) atoms. The molecule has 1 aromatic carbocycles. The van der Waals surface area contributed by atoms with Crippen molar-refractivity contribution in [2.45, 2.75) is 32.6 Å². The largest absolute Gasteiger partial charge is 0.355 e. The molecule has 1 N–H and O–H groups in total. The summed E-state index contributed by atoms with van der Waals surface area (Å²) in [6.07, 6.45) is 4.99. The second kappa shape index (κ2) is 9.80. The number of thiophene rings is 1. The van der Waals surface area contributed by atoms with Crippen LogP contribution in [0.1, 0.15) is 41.0 Å². The predicted molar refractivity (Wildman–Crippen MR) is 136 cm³/mol. The van der Waals surface area contributed by atoms with E-state index in [-0.39, 0.29) is 5.91 Å². The van der Waals surface area contributed by atoms with E-state index < -0.39 is 0 Å². The Kier molecular flexibility index (Phi) is 6.46. The first-order valence-corrected chi connectivity index (χ1v) is 12.9. The molecule has 3 aromatic heterocycles. The van der Waals surface area contributed by atoms with Gasteiger partial charge in [0.15, 0.2) is 5.82 Å². The first-order chi connectivity index (χ1) is 16.2. The zero-order valence-electron chi connectivity index (χ0n) is 18.5. The highest BCUT2D eigenvalue weighted by atomic mass is 32.1. The second-order valence-corrected chi connectivity index (χ2v) is 10.1. The molecule has 1 fully saturated rings. The molecular weight excluding hydrogens is 450 g/mol. The molecule has 0 atom stereocenters. The van der Waals surface area contributed by atoms with Crippen molar-refractivity contribution in [1.82, 2.24) is 15.2 Å². The van der Waals surface area contributed by atoms with Gasteiger partial charge in [0.05, 0.1) is 16.3 Å². The van der Waals surface area contributed by atoms with Crippen molar-refractivity contribution in [2.24, 2.45) is 0 Å². The normalized spacial score (nSPS) is 14.2. The Bertz CT molecular complexity index is 1230. The van der Waals surface area contributed by atoms with Crippen molar-refractivity contribution in [3.05, 3.63) is 64.5 Å². The van der Waals surface area contributed by atoms with Crippen LogP contribution in [-0.4, -0.2) is 34.2 Å². The van der Waals surface area contributed by atoms with Crippen LogP contribution in [0, 0.1) is 6.92 Å². The molecule has 1 saturated heterocycles. The first kappa shape index (κ1) is 21.7. The maximum absolute atomic E-state index is 12.9. The van der Waals surface area contributed by atoms with Crippen LogP contribution in [0.2, 0.25) is 0 Å². The number of anilines is 2. The number of hydrogen-bond acceptors (Lipinski definition) is 7. The summed E-state index contributed by atoms with van der Waals surface area (Å²) in [6.45, 7) is 3.96. The van der Waals surface area contributed by atoms with Crippen molar-refractivity contribution in [3.63, 3.8) is 0 Å². The number of hydrogen-bond donors (Lipinski definition) is 1. The number of rotatable bonds is 5. The number of benzene rings is 1. The van der Waals surface area contributed by atoms with E-state index in [2.05, 4.69) is 25.4 Å². The Morgan fingerprint density at radius 3 is 2.58 bits per heavy atom. The summed E-state index contributed by atoms with van der Waals surface area (Å²) in [5.74, 6) is 0.792. The van der Waals surface area contributed by atoms with Crippen LogP contribution in [0.3, 0.4) is 0 Å². The minimum atomic E-state index is -0.146. The number of carbonyl (C=O) groups is 1. The molecule has 0 bridgehead atoms. The van der Waals surface area contributed by atoms with Crippen molar-refractivity contribution < 1.29 is 4.79 Å². The third kappa shape index (κ3) is 4.96. The smallest absolute Gasteiger partial charge is 0.267 e. The lowest BCUT2D eigenvalue weighted by Crippen LogP contribution is -2.25. The van der Waals surface area contributed by atoms with E-state index in [1.165, 1.54) is 37.0 Å². The van der Waals surface area contributed by atoms with Crippen LogP contribution < -0.4 is 10.2 Å². The standard InChI is InChI=1S/C25H25N5OS2/c1-17-23(33-25(26-17)21-10-7-15-32-21)24(31)27-19-9-6-8-18(16-19)20-11-12-22(29-28-20)30-13-4-2-3-5-14-30/h6-12,15-16H,2-5,13-14H2,1H3,(H,27,31). The Balaban J connectivity index is 1.31. The zero-order chi connectivity index (χ0) is 22.6. The van der Waals surface area contributed by atoms with Crippen LogP contribution >= 0.6 is 22.7 Å². The average molecular weight is 476 g/mol. The van der Waals surface area contributed by atoms with E-state index >= 15 is 0 Å². The molecule has 0 aliphatic carbocycles. The lowest BCUT2D eigenvalue weighted by molar-refractivity contribution is 0.103. The van der Waals surface area contributed by atoms with Gasteiger partial charge in [-0.1, -0.05) is 31.0 Å². The van der Waals surface area contributed by atoms with Gasteiger partial charge >= 0.3 is 0 Å². The number of aryl methyl sites for hydroxylation is 1. The predicted octanol–water partition coefficient (Wildman–Crippen LogP) is 6.27. The fourth-order valence-electron chi connectivity index (χ4n) is 4.00. The van der Waals surface area contributed by atoms with E-state index in [0.29, 0.717) is 4.88 Å². The fourth-order valence-corrected chi connectivity index (χ4v) is 5.76. The molecule has 0 unspecified atom stereocenters. The van der Waals surface area contributed by atoms with Gasteiger partial charge in [-0.25, -0.2) is 4.98 Å². The van der Waals surface area contributed by atoms with Gasteiger partial charge in [-0.15, -0.1) is 32.9 Å². The molecular formula is C25H25N5OS2. The third-order valence-electron chi connectivity index (χ3n) is 5.73. The molecule has 1 amide bonds. The van der Waals surface area contributed by atoms with Gasteiger partial charge in [-0.05, 0) is 55.5 Å². The van der Waals surface area contributed by atoms with Gasteiger partial charge in [-0.2, -0.15) is 0 Å². The van der Waals surface area contributed by atoms with E-state index in [1.807, 2.05) is 60.8 Å². The highest BCUT2D eigenvalue weighted by Gasteiger charge is 2.17. The molecule has 1 aliphatic heterocycles. The highest BCUT2D eigenvalue weighted by Crippen LogP contribution is 2.32. The number of nitrogens with zero attached hydrogens (tertiary/aromatic N) is 4. The quantitative estimate of drug-likeness (QED) is 0.368. The zero-order valence-corrected chi connectivity index (χ0v) is 20.1. The molecule has 4 heterocycles. The fraction of sp³-hybridized carbons (Fsp3) is 0.280. The number of aromatic nitrogens is 3. The third-order valence-corrected chi connectivity index (χ3v) is 7.93. The number of nitrogens with one attached hydrogen (secondary N) is 1. The SMILES string of the molecule is Cc1nc(-c2cccs2)sc1C(=O)Nc1cccc(-c2ccc(N3CCCCCC3)nn2)c1. The summed E-state index contributed by atoms with van der Waals surface area (Å²) in [5, 5.41) is 14.9. The number of thiazole rings is 1. The Morgan fingerprint density at radius 2 is 1.85 bits per heavy atom. The number of amides is 1. The van der Waals surface area contributed by atoms with Crippen LogP contribution in [-0.2, 0) is 0 Å². The Labute approximate surface area is 201 Å². The van der Waals surface area contributed by atoms with E-state index in [4.69, 9.17) is 0 Å². The van der Waals surface area contributed by atoms with Crippen LogP contribution in [0.25, 0.3) is 21.1 Å².